The summed E-state index contributed by atoms with van der Waals surface area (Å²) in [4.78, 5) is 34.2. The number of piperidine rings is 2. The molecule has 0 radical (unpaired) electrons. The van der Waals surface area contributed by atoms with Crippen molar-refractivity contribution in [3.63, 3.8) is 0 Å². The lowest BCUT2D eigenvalue weighted by atomic mass is 9.72. The first kappa shape index (κ1) is 22.4. The number of amides is 2. The zero-order chi connectivity index (χ0) is 22.6. The van der Waals surface area contributed by atoms with Gasteiger partial charge >= 0.3 is 0 Å². The van der Waals surface area contributed by atoms with Crippen molar-refractivity contribution in [2.24, 2.45) is 11.3 Å². The van der Waals surface area contributed by atoms with Crippen LogP contribution in [0.5, 0.6) is 0 Å². The second-order valence-electron chi connectivity index (χ2n) is 9.37. The van der Waals surface area contributed by atoms with E-state index in [0.29, 0.717) is 38.3 Å². The van der Waals surface area contributed by atoms with Crippen LogP contribution in [0.25, 0.3) is 0 Å². The molecule has 4 rings (SSSR count). The molecule has 0 bridgehead atoms. The summed E-state index contributed by atoms with van der Waals surface area (Å²) in [6.07, 6.45) is 6.67. The zero-order valence-corrected chi connectivity index (χ0v) is 18.8. The summed E-state index contributed by atoms with van der Waals surface area (Å²) < 4.78 is 13.4. The molecule has 1 atom stereocenters. The Morgan fingerprint density at radius 3 is 2.47 bits per heavy atom. The molecule has 0 spiro atoms. The summed E-state index contributed by atoms with van der Waals surface area (Å²) in [5, 5.41) is 0. The van der Waals surface area contributed by atoms with E-state index in [4.69, 9.17) is 0 Å². The maximum absolute atomic E-state index is 14.0. The van der Waals surface area contributed by atoms with E-state index in [2.05, 4.69) is 4.98 Å². The zero-order valence-electron chi connectivity index (χ0n) is 18.8. The number of pyridine rings is 1. The van der Waals surface area contributed by atoms with Gasteiger partial charge in [-0.3, -0.25) is 14.6 Å². The molecule has 1 aromatic carbocycles. The second kappa shape index (κ2) is 9.80. The van der Waals surface area contributed by atoms with Gasteiger partial charge in [0.25, 0.3) is 0 Å². The quantitative estimate of drug-likeness (QED) is 0.714. The fraction of sp³-hybridized carbons (Fsp3) is 0.500. The van der Waals surface area contributed by atoms with E-state index >= 15 is 0 Å². The van der Waals surface area contributed by atoms with E-state index in [9.17, 15) is 14.0 Å². The molecule has 2 aliphatic rings. The Bertz CT molecular complexity index is 924. The van der Waals surface area contributed by atoms with Gasteiger partial charge in [0.15, 0.2) is 0 Å². The average Bonchev–Trinajstić information content (AvgIpc) is 2.81. The monoisotopic (exact) mass is 437 g/mol. The fourth-order valence-corrected chi connectivity index (χ4v) is 5.28. The van der Waals surface area contributed by atoms with Crippen LogP contribution in [-0.2, 0) is 22.4 Å². The van der Waals surface area contributed by atoms with Crippen LogP contribution in [0.4, 0.5) is 4.39 Å². The molecule has 170 valence electrons. The Kier molecular flexibility index (Phi) is 6.87. The van der Waals surface area contributed by atoms with Crippen molar-refractivity contribution in [3.8, 4) is 0 Å². The number of halogens is 1. The maximum atomic E-state index is 14.0. The maximum Gasteiger partial charge on any atom is 0.229 e. The lowest BCUT2D eigenvalue weighted by Gasteiger charge is -2.45. The van der Waals surface area contributed by atoms with Crippen LogP contribution in [0.3, 0.4) is 0 Å². The number of nitrogens with zero attached hydrogens (tertiary/aromatic N) is 3. The van der Waals surface area contributed by atoms with E-state index in [0.717, 1.165) is 43.6 Å². The highest BCUT2D eigenvalue weighted by Crippen LogP contribution is 2.38. The molecule has 6 heteroatoms. The molecule has 32 heavy (non-hydrogen) atoms. The smallest absolute Gasteiger partial charge is 0.229 e. The molecular formula is C26H32FN3O2. The van der Waals surface area contributed by atoms with Crippen LogP contribution >= 0.6 is 0 Å². The summed E-state index contributed by atoms with van der Waals surface area (Å²) in [7, 11) is 0. The van der Waals surface area contributed by atoms with Gasteiger partial charge in [-0.1, -0.05) is 18.2 Å². The summed E-state index contributed by atoms with van der Waals surface area (Å²) in [6.45, 7) is 4.29. The molecule has 0 aliphatic carbocycles. The van der Waals surface area contributed by atoms with Crippen LogP contribution < -0.4 is 0 Å². The largest absolute Gasteiger partial charge is 0.343 e. The summed E-state index contributed by atoms with van der Waals surface area (Å²) >= 11 is 0. The van der Waals surface area contributed by atoms with Gasteiger partial charge in [-0.2, -0.15) is 0 Å². The fourth-order valence-electron chi connectivity index (χ4n) is 5.28. The minimum Gasteiger partial charge on any atom is -0.343 e. The number of carbonyl (C=O) groups is 2. The molecule has 0 saturated carbocycles. The van der Waals surface area contributed by atoms with Gasteiger partial charge in [0.2, 0.25) is 11.8 Å². The lowest BCUT2D eigenvalue weighted by molar-refractivity contribution is -0.149. The van der Waals surface area contributed by atoms with Crippen LogP contribution in [0.15, 0.2) is 48.7 Å². The Balaban J connectivity index is 1.51. The third kappa shape index (κ3) is 5.17. The van der Waals surface area contributed by atoms with Crippen LogP contribution in [-0.4, -0.2) is 52.8 Å². The topological polar surface area (TPSA) is 53.5 Å². The molecule has 2 amide bonds. The van der Waals surface area contributed by atoms with E-state index < -0.39 is 5.41 Å². The first-order valence-corrected chi connectivity index (χ1v) is 11.6. The molecule has 1 aromatic heterocycles. The van der Waals surface area contributed by atoms with Crippen molar-refractivity contribution in [2.45, 2.75) is 45.4 Å². The SMILES string of the molecule is CC(=O)N1CCC(Cc2ccc(F)cc2)(C(=O)N2CCCC(Cc3ccccn3)C2)CC1. The Labute approximate surface area is 189 Å². The summed E-state index contributed by atoms with van der Waals surface area (Å²) in [5.74, 6) is 0.383. The molecule has 3 heterocycles. The number of carbonyl (C=O) groups excluding carboxylic acids is 2. The molecular weight excluding hydrogens is 405 g/mol. The number of aromatic nitrogens is 1. The van der Waals surface area contributed by atoms with E-state index in [-0.39, 0.29) is 17.6 Å². The number of likely N-dealkylation sites (tertiary alicyclic amines) is 2. The van der Waals surface area contributed by atoms with Gasteiger partial charge in [0.1, 0.15) is 5.82 Å². The van der Waals surface area contributed by atoms with E-state index in [1.165, 1.54) is 12.1 Å². The third-order valence-corrected chi connectivity index (χ3v) is 7.11. The normalized spacial score (nSPS) is 20.8. The average molecular weight is 438 g/mol. The highest BCUT2D eigenvalue weighted by Gasteiger charge is 2.44. The number of hydrogen-bond donors (Lipinski definition) is 0. The standard InChI is InChI=1S/C26H32FN3O2/c1-20(31)29-15-11-26(12-16-29,18-21-7-9-23(27)10-8-21)25(32)30-14-4-5-22(19-30)17-24-6-2-3-13-28-24/h2-3,6-10,13,22H,4-5,11-12,14-19H2,1H3. The van der Waals surface area contributed by atoms with Gasteiger partial charge in [0, 0.05) is 45.0 Å². The number of benzene rings is 1. The van der Waals surface area contributed by atoms with Gasteiger partial charge in [-0.25, -0.2) is 4.39 Å². The Morgan fingerprint density at radius 2 is 1.81 bits per heavy atom. The van der Waals surface area contributed by atoms with Gasteiger partial charge in [0.05, 0.1) is 5.41 Å². The van der Waals surface area contributed by atoms with Gasteiger partial charge < -0.3 is 9.80 Å². The highest BCUT2D eigenvalue weighted by atomic mass is 19.1. The van der Waals surface area contributed by atoms with Crippen molar-refractivity contribution in [1.82, 2.24) is 14.8 Å². The molecule has 2 aromatic rings. The third-order valence-electron chi connectivity index (χ3n) is 7.11. The van der Waals surface area contributed by atoms with Crippen molar-refractivity contribution < 1.29 is 14.0 Å². The highest BCUT2D eigenvalue weighted by molar-refractivity contribution is 5.84. The van der Waals surface area contributed by atoms with Gasteiger partial charge in [-0.15, -0.1) is 0 Å². The number of rotatable bonds is 5. The van der Waals surface area contributed by atoms with Crippen molar-refractivity contribution in [3.05, 3.63) is 65.7 Å². The molecule has 1 unspecified atom stereocenters. The molecule has 0 N–H and O–H groups in total. The van der Waals surface area contributed by atoms with Crippen LogP contribution in [0, 0.1) is 17.2 Å². The Hall–Kier alpha value is -2.76. The molecule has 2 fully saturated rings. The van der Waals surface area contributed by atoms with Gasteiger partial charge in [-0.05, 0) is 74.3 Å². The predicted octanol–water partition coefficient (Wildman–Crippen LogP) is 3.87. The molecule has 2 aliphatic heterocycles. The van der Waals surface area contributed by atoms with E-state index in [1.54, 1.807) is 19.1 Å². The number of hydrogen-bond acceptors (Lipinski definition) is 3. The minimum atomic E-state index is -0.545. The van der Waals surface area contributed by atoms with Crippen LogP contribution in [0.2, 0.25) is 0 Å². The first-order valence-electron chi connectivity index (χ1n) is 11.6. The summed E-state index contributed by atoms with van der Waals surface area (Å²) in [5.41, 5.74) is 1.50. The predicted molar refractivity (Wildman–Crippen MR) is 121 cm³/mol. The molecule has 2 saturated heterocycles. The minimum absolute atomic E-state index is 0.0567. The van der Waals surface area contributed by atoms with Crippen molar-refractivity contribution in [2.75, 3.05) is 26.2 Å². The lowest BCUT2D eigenvalue weighted by Crippen LogP contribution is -2.54. The first-order chi connectivity index (χ1) is 15.4. The van der Waals surface area contributed by atoms with E-state index in [1.807, 2.05) is 34.2 Å². The Morgan fingerprint density at radius 1 is 1.06 bits per heavy atom. The van der Waals surface area contributed by atoms with Crippen LogP contribution in [0.1, 0.15) is 43.9 Å². The molecule has 5 nitrogen and oxygen atoms in total. The van der Waals surface area contributed by atoms with Crippen molar-refractivity contribution >= 4 is 11.8 Å². The summed E-state index contributed by atoms with van der Waals surface area (Å²) in [6, 6.07) is 12.5. The second-order valence-corrected chi connectivity index (χ2v) is 9.37. The van der Waals surface area contributed by atoms with Crippen molar-refractivity contribution in [1.29, 1.82) is 0 Å².